The van der Waals surface area contributed by atoms with E-state index in [0.717, 1.165) is 34.6 Å². The molecule has 2 aromatic rings. The highest BCUT2D eigenvalue weighted by Crippen LogP contribution is 2.41. The zero-order valence-electron chi connectivity index (χ0n) is 19.3. The highest BCUT2D eigenvalue weighted by atomic mass is 32.2. The summed E-state index contributed by atoms with van der Waals surface area (Å²) in [6.45, 7) is 7.06. The molecular formula is C25H31N3O3S2. The van der Waals surface area contributed by atoms with E-state index in [2.05, 4.69) is 11.4 Å². The summed E-state index contributed by atoms with van der Waals surface area (Å²) >= 11 is 3.30. The number of piperidine rings is 1. The molecule has 0 spiro atoms. The van der Waals surface area contributed by atoms with Crippen molar-refractivity contribution in [2.24, 2.45) is 5.92 Å². The van der Waals surface area contributed by atoms with E-state index in [1.165, 1.54) is 0 Å². The third kappa shape index (κ3) is 5.92. The fourth-order valence-electron chi connectivity index (χ4n) is 4.14. The van der Waals surface area contributed by atoms with Crippen molar-refractivity contribution in [3.05, 3.63) is 46.7 Å². The maximum atomic E-state index is 12.9. The highest BCUT2D eigenvalue weighted by molar-refractivity contribution is 8.04. The Labute approximate surface area is 203 Å². The standard InChI is InChI=1S/C25H31N3O3S2/c1-25(2,3)31-24(30)28-12-10-16(11-13-28)21-8-9-22(33-21)23(29)27-19-15-17(6-7-18(19)26)20-5-4-14-32-20/h4-7,9,14-16,21H,8,10-13,26H2,1-3H3,(H,27,29). The number of nitrogen functional groups attached to an aromatic ring is 1. The number of ether oxygens (including phenoxy) is 1. The van der Waals surface area contributed by atoms with Gasteiger partial charge in [0.15, 0.2) is 0 Å². The lowest BCUT2D eigenvalue weighted by Crippen LogP contribution is -2.43. The molecule has 0 radical (unpaired) electrons. The first kappa shape index (κ1) is 23.7. The Morgan fingerprint density at radius 3 is 2.61 bits per heavy atom. The number of rotatable bonds is 4. The number of anilines is 2. The van der Waals surface area contributed by atoms with Gasteiger partial charge in [-0.1, -0.05) is 18.2 Å². The van der Waals surface area contributed by atoms with Crippen LogP contribution < -0.4 is 11.1 Å². The number of hydrogen-bond donors (Lipinski definition) is 2. The third-order valence-corrected chi connectivity index (χ3v) is 8.27. The van der Waals surface area contributed by atoms with Crippen molar-refractivity contribution in [1.29, 1.82) is 0 Å². The largest absolute Gasteiger partial charge is 0.444 e. The maximum absolute atomic E-state index is 12.9. The number of carbonyl (C=O) groups is 2. The topological polar surface area (TPSA) is 84.7 Å². The lowest BCUT2D eigenvalue weighted by Gasteiger charge is -2.35. The number of nitrogens with two attached hydrogens (primary N) is 1. The molecule has 0 bridgehead atoms. The van der Waals surface area contributed by atoms with Crippen LogP contribution in [0.2, 0.25) is 0 Å². The van der Waals surface area contributed by atoms with E-state index in [0.29, 0.717) is 35.6 Å². The van der Waals surface area contributed by atoms with Gasteiger partial charge in [-0.05, 0) is 75.1 Å². The first-order chi connectivity index (χ1) is 15.7. The number of hydrogen-bond acceptors (Lipinski definition) is 6. The summed E-state index contributed by atoms with van der Waals surface area (Å²) in [5, 5.41) is 5.40. The van der Waals surface area contributed by atoms with Crippen LogP contribution in [0, 0.1) is 5.92 Å². The van der Waals surface area contributed by atoms with Crippen LogP contribution in [0.5, 0.6) is 0 Å². The van der Waals surface area contributed by atoms with Gasteiger partial charge in [0.1, 0.15) is 5.60 Å². The summed E-state index contributed by atoms with van der Waals surface area (Å²) in [7, 11) is 0. The summed E-state index contributed by atoms with van der Waals surface area (Å²) in [5.41, 5.74) is 7.88. The average molecular weight is 486 g/mol. The number of nitrogens with zero attached hydrogens (tertiary/aromatic N) is 1. The van der Waals surface area contributed by atoms with E-state index >= 15 is 0 Å². The van der Waals surface area contributed by atoms with Gasteiger partial charge in [0.25, 0.3) is 5.91 Å². The zero-order chi connectivity index (χ0) is 23.6. The predicted molar refractivity (Wildman–Crippen MR) is 137 cm³/mol. The molecule has 1 aromatic carbocycles. The normalized spacial score (nSPS) is 19.3. The molecule has 6 nitrogen and oxygen atoms in total. The van der Waals surface area contributed by atoms with Crippen LogP contribution in [-0.4, -0.2) is 40.8 Å². The first-order valence-electron chi connectivity index (χ1n) is 11.3. The van der Waals surface area contributed by atoms with Crippen molar-refractivity contribution in [3.63, 3.8) is 0 Å². The van der Waals surface area contributed by atoms with Crippen molar-refractivity contribution in [2.45, 2.75) is 50.9 Å². The Hall–Kier alpha value is -2.45. The third-order valence-electron chi connectivity index (χ3n) is 5.86. The van der Waals surface area contributed by atoms with Gasteiger partial charge in [-0.25, -0.2) is 4.79 Å². The van der Waals surface area contributed by atoms with E-state index in [9.17, 15) is 9.59 Å². The fourth-order valence-corrected chi connectivity index (χ4v) is 6.20. The molecule has 0 saturated carbocycles. The van der Waals surface area contributed by atoms with Crippen LogP contribution in [0.15, 0.2) is 46.7 Å². The minimum absolute atomic E-state index is 0.108. The highest BCUT2D eigenvalue weighted by Gasteiger charge is 2.34. The van der Waals surface area contributed by atoms with E-state index in [4.69, 9.17) is 10.5 Å². The van der Waals surface area contributed by atoms with Gasteiger partial charge >= 0.3 is 6.09 Å². The summed E-state index contributed by atoms with van der Waals surface area (Å²) in [6, 6.07) is 9.80. The van der Waals surface area contributed by atoms with Gasteiger partial charge in [-0.2, -0.15) is 0 Å². The molecule has 33 heavy (non-hydrogen) atoms. The van der Waals surface area contributed by atoms with Gasteiger partial charge in [0, 0.05) is 23.2 Å². The van der Waals surface area contributed by atoms with Crippen LogP contribution >= 0.6 is 23.1 Å². The molecule has 3 heterocycles. The number of carbonyl (C=O) groups excluding carboxylic acids is 2. The van der Waals surface area contributed by atoms with Crippen molar-refractivity contribution in [2.75, 3.05) is 24.1 Å². The Kier molecular flexibility index (Phi) is 7.05. The number of likely N-dealkylation sites (tertiary alicyclic amines) is 1. The van der Waals surface area contributed by atoms with Crippen LogP contribution in [0.3, 0.4) is 0 Å². The zero-order valence-corrected chi connectivity index (χ0v) is 20.9. The molecule has 1 atom stereocenters. The lowest BCUT2D eigenvalue weighted by atomic mass is 9.92. The predicted octanol–water partition coefficient (Wildman–Crippen LogP) is 5.97. The van der Waals surface area contributed by atoms with Crippen LogP contribution in [0.4, 0.5) is 16.2 Å². The maximum Gasteiger partial charge on any atom is 0.410 e. The Balaban J connectivity index is 1.30. The summed E-state index contributed by atoms with van der Waals surface area (Å²) in [6.07, 6.45) is 4.52. The van der Waals surface area contributed by atoms with Crippen molar-refractivity contribution in [1.82, 2.24) is 4.90 Å². The smallest absolute Gasteiger partial charge is 0.410 e. The fraction of sp³-hybridized carbons (Fsp3) is 0.440. The van der Waals surface area contributed by atoms with E-state index < -0.39 is 5.60 Å². The summed E-state index contributed by atoms with van der Waals surface area (Å²) < 4.78 is 5.49. The minimum atomic E-state index is -0.478. The molecule has 1 unspecified atom stereocenters. The molecule has 1 fully saturated rings. The minimum Gasteiger partial charge on any atom is -0.444 e. The number of allylic oxidation sites excluding steroid dienone is 1. The Morgan fingerprint density at radius 1 is 1.18 bits per heavy atom. The van der Waals surface area contributed by atoms with Crippen LogP contribution in [-0.2, 0) is 9.53 Å². The number of nitrogens with one attached hydrogen (secondary N) is 1. The lowest BCUT2D eigenvalue weighted by molar-refractivity contribution is -0.112. The quantitative estimate of drug-likeness (QED) is 0.521. The second kappa shape index (κ2) is 9.81. The van der Waals surface area contributed by atoms with E-state index in [1.54, 1.807) is 28.0 Å². The molecule has 2 aliphatic heterocycles. The van der Waals surface area contributed by atoms with Crippen molar-refractivity contribution in [3.8, 4) is 10.4 Å². The number of amides is 2. The van der Waals surface area contributed by atoms with Crippen LogP contribution in [0.25, 0.3) is 10.4 Å². The van der Waals surface area contributed by atoms with Crippen molar-refractivity contribution >= 4 is 46.5 Å². The SMILES string of the molecule is CC(C)(C)OC(=O)N1CCC(C2CC=C(C(=O)Nc3cc(-c4cccs4)ccc3N)S2)CC1. The average Bonchev–Trinajstić information content (AvgIpc) is 3.47. The molecule has 4 rings (SSSR count). The van der Waals surface area contributed by atoms with Gasteiger partial charge in [-0.15, -0.1) is 23.1 Å². The van der Waals surface area contributed by atoms with Crippen LogP contribution in [0.1, 0.15) is 40.0 Å². The number of thioether (sulfide) groups is 1. The van der Waals surface area contributed by atoms with Gasteiger partial charge in [0.05, 0.1) is 16.3 Å². The summed E-state index contributed by atoms with van der Waals surface area (Å²) in [4.78, 5) is 28.9. The molecule has 2 aliphatic rings. The monoisotopic (exact) mass is 485 g/mol. The van der Waals surface area contributed by atoms with Gasteiger partial charge in [-0.3, -0.25) is 4.79 Å². The van der Waals surface area contributed by atoms with Gasteiger partial charge in [0.2, 0.25) is 0 Å². The molecule has 176 valence electrons. The second-order valence-electron chi connectivity index (χ2n) is 9.50. The van der Waals surface area contributed by atoms with E-state index in [-0.39, 0.29) is 12.0 Å². The Morgan fingerprint density at radius 2 is 1.94 bits per heavy atom. The molecule has 2 amide bonds. The second-order valence-corrected chi connectivity index (χ2v) is 11.7. The van der Waals surface area contributed by atoms with Gasteiger partial charge < -0.3 is 20.7 Å². The van der Waals surface area contributed by atoms with Crippen molar-refractivity contribution < 1.29 is 14.3 Å². The number of benzene rings is 1. The molecule has 8 heteroatoms. The molecule has 1 aromatic heterocycles. The molecule has 0 aliphatic carbocycles. The number of thiophene rings is 1. The first-order valence-corrected chi connectivity index (χ1v) is 13.0. The Bertz CT molecular complexity index is 1040. The molecular weight excluding hydrogens is 454 g/mol. The van der Waals surface area contributed by atoms with E-state index in [1.807, 2.05) is 56.5 Å². The molecule has 3 N–H and O–H groups in total. The summed E-state index contributed by atoms with van der Waals surface area (Å²) in [5.74, 6) is 0.367. The molecule has 1 saturated heterocycles.